The molecule has 0 aromatic heterocycles. The van der Waals surface area contributed by atoms with Crippen LogP contribution < -0.4 is 5.01 Å². The lowest BCUT2D eigenvalue weighted by Gasteiger charge is -2.33. The third-order valence-corrected chi connectivity index (χ3v) is 4.28. The van der Waals surface area contributed by atoms with E-state index in [1.54, 1.807) is 50.6 Å². The molecule has 2 rings (SSSR count). The third kappa shape index (κ3) is 5.72. The molecule has 0 saturated carbocycles. The van der Waals surface area contributed by atoms with Crippen LogP contribution in [0.4, 0.5) is 5.69 Å². The van der Waals surface area contributed by atoms with E-state index in [0.717, 1.165) is 5.69 Å². The van der Waals surface area contributed by atoms with Crippen LogP contribution in [0.15, 0.2) is 54.6 Å². The molecule has 0 radical (unpaired) electrons. The Bertz CT molecular complexity index is 724. The Kier molecular flexibility index (Phi) is 8.13. The van der Waals surface area contributed by atoms with E-state index in [2.05, 4.69) is 5.01 Å². The van der Waals surface area contributed by atoms with Crippen molar-refractivity contribution in [2.45, 2.75) is 0 Å². The van der Waals surface area contributed by atoms with E-state index in [0.29, 0.717) is 37.4 Å². The van der Waals surface area contributed by atoms with Crippen molar-refractivity contribution >= 4 is 17.3 Å². The lowest BCUT2D eigenvalue weighted by atomic mass is 10.0. The van der Waals surface area contributed by atoms with E-state index in [4.69, 9.17) is 9.47 Å². The maximum absolute atomic E-state index is 12.4. The number of hydrogen-bond acceptors (Lipinski definition) is 6. The molecule has 0 spiro atoms. The number of anilines is 1. The maximum Gasteiger partial charge on any atom is 0.233 e. The number of rotatable bonds is 11. The summed E-state index contributed by atoms with van der Waals surface area (Å²) in [6.45, 7) is 2.61. The van der Waals surface area contributed by atoms with Crippen molar-refractivity contribution in [2.24, 2.45) is 0 Å². The highest BCUT2D eigenvalue weighted by Gasteiger charge is 2.19. The summed E-state index contributed by atoms with van der Waals surface area (Å²) >= 11 is 0. The quantitative estimate of drug-likeness (QED) is 0.344. The summed E-state index contributed by atoms with van der Waals surface area (Å²) < 4.78 is 10.3. The number of carbonyl (C=O) groups is 2. The molecule has 144 valence electrons. The topological polar surface area (TPSA) is 59.1 Å². The van der Waals surface area contributed by atoms with Crippen LogP contribution in [0, 0.1) is 0 Å². The van der Waals surface area contributed by atoms with Crippen LogP contribution in [0.1, 0.15) is 20.7 Å². The molecular weight excluding hydrogens is 344 g/mol. The van der Waals surface area contributed by atoms with Crippen LogP contribution in [0.25, 0.3) is 0 Å². The van der Waals surface area contributed by atoms with Crippen LogP contribution in [-0.2, 0) is 9.47 Å². The van der Waals surface area contributed by atoms with Gasteiger partial charge >= 0.3 is 0 Å². The minimum Gasteiger partial charge on any atom is -0.383 e. The lowest BCUT2D eigenvalue weighted by Crippen LogP contribution is -2.43. The second kappa shape index (κ2) is 10.6. The largest absolute Gasteiger partial charge is 0.383 e. The summed E-state index contributed by atoms with van der Waals surface area (Å²) in [4.78, 5) is 24.7. The predicted molar refractivity (Wildman–Crippen MR) is 105 cm³/mol. The number of hydrazine groups is 1. The van der Waals surface area contributed by atoms with Crippen LogP contribution in [0.2, 0.25) is 0 Å². The summed E-state index contributed by atoms with van der Waals surface area (Å²) in [6, 6.07) is 15.6. The van der Waals surface area contributed by atoms with Gasteiger partial charge in [0.05, 0.1) is 18.9 Å². The Morgan fingerprint density at radius 3 is 1.74 bits per heavy atom. The van der Waals surface area contributed by atoms with Gasteiger partial charge in [-0.3, -0.25) is 9.59 Å². The summed E-state index contributed by atoms with van der Waals surface area (Å²) in [6.07, 6.45) is 0. The number of ketones is 2. The molecule has 27 heavy (non-hydrogen) atoms. The summed E-state index contributed by atoms with van der Waals surface area (Å²) in [5.74, 6) is -1.01. The molecule has 0 fully saturated rings. The van der Waals surface area contributed by atoms with Crippen LogP contribution >= 0.6 is 0 Å². The number of carbonyl (C=O) groups excluding carboxylic acids is 2. The van der Waals surface area contributed by atoms with E-state index in [1.165, 1.54) is 0 Å². The molecule has 0 N–H and O–H groups in total. The van der Waals surface area contributed by atoms with Crippen molar-refractivity contribution in [3.05, 3.63) is 65.7 Å². The fourth-order valence-corrected chi connectivity index (χ4v) is 2.65. The van der Waals surface area contributed by atoms with Crippen molar-refractivity contribution in [2.75, 3.05) is 52.6 Å². The van der Waals surface area contributed by atoms with E-state index in [-0.39, 0.29) is 0 Å². The van der Waals surface area contributed by atoms with Crippen molar-refractivity contribution in [3.63, 3.8) is 0 Å². The average molecular weight is 370 g/mol. The molecular formula is C21H26N2O4. The Labute approximate surface area is 160 Å². The number of ether oxygens (including phenoxy) is 2. The lowest BCUT2D eigenvalue weighted by molar-refractivity contribution is 0.0817. The first kappa shape index (κ1) is 20.8. The molecule has 0 atom stereocenters. The van der Waals surface area contributed by atoms with Gasteiger partial charge in [-0.05, 0) is 24.3 Å². The minimum absolute atomic E-state index is 0.376. The predicted octanol–water partition coefficient (Wildman–Crippen LogP) is 2.70. The van der Waals surface area contributed by atoms with Crippen molar-refractivity contribution in [1.29, 1.82) is 0 Å². The summed E-state index contributed by atoms with van der Waals surface area (Å²) in [5, 5.41) is 4.09. The Hall–Kier alpha value is -2.54. The standard InChI is InChI=1S/C21H26N2O4/c1-22(23(13-15-26-2)14-16-27-3)19-11-9-18(10-12-19)21(25)20(24)17-7-5-4-6-8-17/h4-12H,13-16H2,1-3H3. The number of nitrogens with zero attached hydrogens (tertiary/aromatic N) is 2. The van der Waals surface area contributed by atoms with Crippen LogP contribution in [0.3, 0.4) is 0 Å². The molecule has 0 aliphatic carbocycles. The zero-order valence-electron chi connectivity index (χ0n) is 16.1. The van der Waals surface area contributed by atoms with Crippen LogP contribution in [-0.4, -0.2) is 64.1 Å². The van der Waals surface area contributed by atoms with Gasteiger partial charge in [0.1, 0.15) is 0 Å². The molecule has 0 aliphatic heterocycles. The Morgan fingerprint density at radius 1 is 0.778 bits per heavy atom. The fraction of sp³-hybridized carbons (Fsp3) is 0.333. The van der Waals surface area contributed by atoms with Gasteiger partial charge in [0, 0.05) is 45.5 Å². The van der Waals surface area contributed by atoms with Gasteiger partial charge in [-0.15, -0.1) is 0 Å². The van der Waals surface area contributed by atoms with Crippen LogP contribution in [0.5, 0.6) is 0 Å². The van der Waals surface area contributed by atoms with E-state index >= 15 is 0 Å². The Balaban J connectivity index is 2.10. The highest BCUT2D eigenvalue weighted by atomic mass is 16.5. The number of hydrogen-bond donors (Lipinski definition) is 0. The third-order valence-electron chi connectivity index (χ3n) is 4.28. The fourth-order valence-electron chi connectivity index (χ4n) is 2.65. The van der Waals surface area contributed by atoms with Crippen molar-refractivity contribution < 1.29 is 19.1 Å². The molecule has 2 aromatic carbocycles. The van der Waals surface area contributed by atoms with Gasteiger partial charge in [-0.2, -0.15) is 0 Å². The summed E-state index contributed by atoms with van der Waals surface area (Å²) in [7, 11) is 5.27. The maximum atomic E-state index is 12.4. The second-order valence-electron chi connectivity index (χ2n) is 6.03. The highest BCUT2D eigenvalue weighted by molar-refractivity contribution is 6.49. The summed E-state index contributed by atoms with van der Waals surface area (Å²) in [5.41, 5.74) is 1.68. The molecule has 0 heterocycles. The van der Waals surface area contributed by atoms with Gasteiger partial charge in [0.25, 0.3) is 0 Å². The zero-order valence-corrected chi connectivity index (χ0v) is 16.1. The van der Waals surface area contributed by atoms with Gasteiger partial charge in [0.2, 0.25) is 11.6 Å². The zero-order chi connectivity index (χ0) is 19.6. The van der Waals surface area contributed by atoms with Crippen molar-refractivity contribution in [1.82, 2.24) is 5.01 Å². The first-order valence-corrected chi connectivity index (χ1v) is 8.79. The number of Topliss-reactive ketones (excluding diaryl/α,β-unsaturated/α-hetero) is 2. The van der Waals surface area contributed by atoms with Gasteiger partial charge < -0.3 is 14.5 Å². The first-order valence-electron chi connectivity index (χ1n) is 8.79. The molecule has 0 bridgehead atoms. The molecule has 6 heteroatoms. The monoisotopic (exact) mass is 370 g/mol. The van der Waals surface area contributed by atoms with Gasteiger partial charge in [-0.25, -0.2) is 5.01 Å². The Morgan fingerprint density at radius 2 is 1.26 bits per heavy atom. The van der Waals surface area contributed by atoms with Gasteiger partial charge in [0.15, 0.2) is 0 Å². The van der Waals surface area contributed by atoms with Crippen molar-refractivity contribution in [3.8, 4) is 0 Å². The molecule has 0 amide bonds. The van der Waals surface area contributed by atoms with Gasteiger partial charge in [-0.1, -0.05) is 30.3 Å². The van der Waals surface area contributed by atoms with E-state index in [9.17, 15) is 9.59 Å². The highest BCUT2D eigenvalue weighted by Crippen LogP contribution is 2.17. The number of benzene rings is 2. The van der Waals surface area contributed by atoms with E-state index < -0.39 is 11.6 Å². The molecule has 0 aliphatic rings. The molecule has 0 unspecified atom stereocenters. The molecule has 2 aromatic rings. The smallest absolute Gasteiger partial charge is 0.233 e. The SMILES string of the molecule is COCCN(CCOC)N(C)c1ccc(C(=O)C(=O)c2ccccc2)cc1. The first-order chi connectivity index (χ1) is 13.1. The number of methoxy groups -OCH3 is 2. The second-order valence-corrected chi connectivity index (χ2v) is 6.03. The minimum atomic E-state index is -0.508. The van der Waals surface area contributed by atoms with E-state index in [1.807, 2.05) is 30.3 Å². The molecule has 0 saturated heterocycles. The normalized spacial score (nSPS) is 10.8. The average Bonchev–Trinajstić information content (AvgIpc) is 2.73. The molecule has 6 nitrogen and oxygen atoms in total.